The van der Waals surface area contributed by atoms with E-state index in [1.807, 2.05) is 0 Å². The van der Waals surface area contributed by atoms with E-state index in [4.69, 9.17) is 9.84 Å². The van der Waals surface area contributed by atoms with Gasteiger partial charge in [0, 0.05) is 0 Å². The van der Waals surface area contributed by atoms with Crippen LogP contribution >= 0.6 is 0 Å². The van der Waals surface area contributed by atoms with Gasteiger partial charge < -0.3 is 9.84 Å². The monoisotopic (exact) mass is 184 g/mol. The van der Waals surface area contributed by atoms with Crippen molar-refractivity contribution in [1.29, 1.82) is 0 Å². The van der Waals surface area contributed by atoms with Crippen molar-refractivity contribution in [3.63, 3.8) is 0 Å². The van der Waals surface area contributed by atoms with Crippen LogP contribution in [0, 0.1) is 5.82 Å². The molecule has 0 aromatic heterocycles. The molecule has 0 amide bonds. The van der Waals surface area contributed by atoms with Crippen LogP contribution in [0.4, 0.5) is 4.39 Å². The highest BCUT2D eigenvalue weighted by Crippen LogP contribution is 2.03. The Morgan fingerprint density at radius 3 is 2.46 bits per heavy atom. The minimum Gasteiger partial charge on any atom is -0.394 e. The van der Waals surface area contributed by atoms with Gasteiger partial charge in [-0.2, -0.15) is 0 Å². The second kappa shape index (κ2) is 5.67. The van der Waals surface area contributed by atoms with Gasteiger partial charge in [-0.25, -0.2) is 4.39 Å². The van der Waals surface area contributed by atoms with Crippen LogP contribution in [0.25, 0.3) is 0 Å². The second-order valence-electron chi connectivity index (χ2n) is 2.71. The molecule has 0 bridgehead atoms. The summed E-state index contributed by atoms with van der Waals surface area (Å²) in [5.41, 5.74) is 1.04. The average molecular weight is 184 g/mol. The fourth-order valence-electron chi connectivity index (χ4n) is 1.01. The van der Waals surface area contributed by atoms with E-state index in [1.165, 1.54) is 12.1 Å². The van der Waals surface area contributed by atoms with Gasteiger partial charge in [-0.15, -0.1) is 0 Å². The smallest absolute Gasteiger partial charge is 0.123 e. The molecule has 1 N–H and O–H groups in total. The van der Waals surface area contributed by atoms with Crippen molar-refractivity contribution in [2.45, 2.75) is 6.42 Å². The standard InChI is InChI=1S/C10H13FO2/c11-10-3-1-9(2-4-10)5-7-13-8-6-12/h1-4,12H,5-8H2. The van der Waals surface area contributed by atoms with E-state index in [1.54, 1.807) is 12.1 Å². The first-order valence-corrected chi connectivity index (χ1v) is 4.26. The Morgan fingerprint density at radius 1 is 1.15 bits per heavy atom. The number of rotatable bonds is 5. The van der Waals surface area contributed by atoms with E-state index in [0.717, 1.165) is 12.0 Å². The van der Waals surface area contributed by atoms with E-state index < -0.39 is 0 Å². The number of ether oxygens (including phenoxy) is 1. The maximum Gasteiger partial charge on any atom is 0.123 e. The molecule has 1 aromatic rings. The molecule has 0 heterocycles. The fraction of sp³-hybridized carbons (Fsp3) is 0.400. The maximum absolute atomic E-state index is 12.5. The zero-order valence-corrected chi connectivity index (χ0v) is 7.37. The van der Waals surface area contributed by atoms with Gasteiger partial charge in [0.1, 0.15) is 5.82 Å². The molecule has 0 aliphatic carbocycles. The van der Waals surface area contributed by atoms with Gasteiger partial charge >= 0.3 is 0 Å². The number of aliphatic hydroxyl groups is 1. The molecule has 0 radical (unpaired) electrons. The minimum absolute atomic E-state index is 0.0451. The molecule has 0 aliphatic heterocycles. The molecule has 0 aliphatic rings. The van der Waals surface area contributed by atoms with Gasteiger partial charge in [0.25, 0.3) is 0 Å². The van der Waals surface area contributed by atoms with Crippen molar-refractivity contribution in [3.8, 4) is 0 Å². The van der Waals surface area contributed by atoms with E-state index in [0.29, 0.717) is 13.2 Å². The molecule has 0 atom stereocenters. The van der Waals surface area contributed by atoms with Crippen LogP contribution in [0.5, 0.6) is 0 Å². The molecule has 0 saturated heterocycles. The summed E-state index contributed by atoms with van der Waals surface area (Å²) in [5.74, 6) is -0.222. The summed E-state index contributed by atoms with van der Waals surface area (Å²) < 4.78 is 17.5. The van der Waals surface area contributed by atoms with E-state index in [-0.39, 0.29) is 12.4 Å². The van der Waals surface area contributed by atoms with Gasteiger partial charge in [-0.05, 0) is 24.1 Å². The predicted molar refractivity (Wildman–Crippen MR) is 48.0 cm³/mol. The summed E-state index contributed by atoms with van der Waals surface area (Å²) in [6.45, 7) is 0.969. The van der Waals surface area contributed by atoms with Crippen LogP contribution in [0.15, 0.2) is 24.3 Å². The van der Waals surface area contributed by atoms with Crippen molar-refractivity contribution in [1.82, 2.24) is 0 Å². The second-order valence-corrected chi connectivity index (χ2v) is 2.71. The normalized spacial score (nSPS) is 10.3. The van der Waals surface area contributed by atoms with Gasteiger partial charge in [0.2, 0.25) is 0 Å². The number of aliphatic hydroxyl groups excluding tert-OH is 1. The van der Waals surface area contributed by atoms with Crippen molar-refractivity contribution >= 4 is 0 Å². The number of hydrogen-bond donors (Lipinski definition) is 1. The number of hydrogen-bond acceptors (Lipinski definition) is 2. The van der Waals surface area contributed by atoms with Crippen molar-refractivity contribution < 1.29 is 14.2 Å². The lowest BCUT2D eigenvalue weighted by Gasteiger charge is -2.01. The molecule has 3 heteroatoms. The van der Waals surface area contributed by atoms with Crippen LogP contribution in [0.2, 0.25) is 0 Å². The Hall–Kier alpha value is -0.930. The van der Waals surface area contributed by atoms with Crippen LogP contribution < -0.4 is 0 Å². The van der Waals surface area contributed by atoms with Gasteiger partial charge in [-0.3, -0.25) is 0 Å². The minimum atomic E-state index is -0.222. The Kier molecular flexibility index (Phi) is 4.43. The number of benzene rings is 1. The highest BCUT2D eigenvalue weighted by atomic mass is 19.1. The Labute approximate surface area is 77.0 Å². The number of halogens is 1. The van der Waals surface area contributed by atoms with Crippen molar-refractivity contribution in [2.24, 2.45) is 0 Å². The van der Waals surface area contributed by atoms with Crippen LogP contribution in [-0.2, 0) is 11.2 Å². The Balaban J connectivity index is 2.25. The lowest BCUT2D eigenvalue weighted by Crippen LogP contribution is -2.03. The zero-order chi connectivity index (χ0) is 9.52. The third kappa shape index (κ3) is 4.01. The van der Waals surface area contributed by atoms with Crippen molar-refractivity contribution in [3.05, 3.63) is 35.6 Å². The molecule has 0 fully saturated rings. The molecular weight excluding hydrogens is 171 g/mol. The summed E-state index contributed by atoms with van der Waals surface area (Å²) in [7, 11) is 0. The summed E-state index contributed by atoms with van der Waals surface area (Å²) in [5, 5.41) is 8.43. The van der Waals surface area contributed by atoms with Gasteiger partial charge in [0.15, 0.2) is 0 Å². The molecule has 13 heavy (non-hydrogen) atoms. The lowest BCUT2D eigenvalue weighted by atomic mass is 10.2. The van der Waals surface area contributed by atoms with Crippen LogP contribution in [0.1, 0.15) is 5.56 Å². The topological polar surface area (TPSA) is 29.5 Å². The predicted octanol–water partition coefficient (Wildman–Crippen LogP) is 1.38. The molecule has 2 nitrogen and oxygen atoms in total. The SMILES string of the molecule is OCCOCCc1ccc(F)cc1. The quantitative estimate of drug-likeness (QED) is 0.700. The average Bonchev–Trinajstić information content (AvgIpc) is 2.15. The first kappa shape index (κ1) is 10.2. The molecule has 1 rings (SSSR count). The molecule has 0 unspecified atom stereocenters. The highest BCUT2D eigenvalue weighted by molar-refractivity contribution is 5.15. The molecular formula is C10H13FO2. The maximum atomic E-state index is 12.5. The van der Waals surface area contributed by atoms with E-state index in [9.17, 15) is 4.39 Å². The lowest BCUT2D eigenvalue weighted by molar-refractivity contribution is 0.0944. The Morgan fingerprint density at radius 2 is 1.85 bits per heavy atom. The first-order valence-electron chi connectivity index (χ1n) is 4.26. The molecule has 72 valence electrons. The van der Waals surface area contributed by atoms with Crippen LogP contribution in [0.3, 0.4) is 0 Å². The molecule has 1 aromatic carbocycles. The fourth-order valence-corrected chi connectivity index (χ4v) is 1.01. The zero-order valence-electron chi connectivity index (χ0n) is 7.37. The van der Waals surface area contributed by atoms with Crippen molar-refractivity contribution in [2.75, 3.05) is 19.8 Å². The molecule has 0 spiro atoms. The molecule has 0 saturated carbocycles. The Bertz CT molecular complexity index is 233. The summed E-state index contributed by atoms with van der Waals surface area (Å²) in [6, 6.07) is 6.33. The first-order chi connectivity index (χ1) is 6.33. The van der Waals surface area contributed by atoms with Crippen LogP contribution in [-0.4, -0.2) is 24.9 Å². The summed E-state index contributed by atoms with van der Waals surface area (Å²) in [6.07, 6.45) is 0.750. The third-order valence-electron chi connectivity index (χ3n) is 1.68. The van der Waals surface area contributed by atoms with E-state index in [2.05, 4.69) is 0 Å². The van der Waals surface area contributed by atoms with Gasteiger partial charge in [-0.1, -0.05) is 12.1 Å². The largest absolute Gasteiger partial charge is 0.394 e. The van der Waals surface area contributed by atoms with Gasteiger partial charge in [0.05, 0.1) is 19.8 Å². The highest BCUT2D eigenvalue weighted by Gasteiger charge is 1.93. The summed E-state index contributed by atoms with van der Waals surface area (Å²) in [4.78, 5) is 0. The summed E-state index contributed by atoms with van der Waals surface area (Å²) >= 11 is 0. The third-order valence-corrected chi connectivity index (χ3v) is 1.68. The van der Waals surface area contributed by atoms with E-state index >= 15 is 0 Å².